The van der Waals surface area contributed by atoms with Crippen molar-refractivity contribution in [3.05, 3.63) is 41.1 Å². The van der Waals surface area contributed by atoms with Gasteiger partial charge >= 0.3 is 5.97 Å². The second kappa shape index (κ2) is 5.89. The number of carbonyl (C=O) groups is 4. The van der Waals surface area contributed by atoms with E-state index >= 15 is 0 Å². The van der Waals surface area contributed by atoms with Crippen molar-refractivity contribution in [3.63, 3.8) is 0 Å². The molecule has 0 aliphatic carbocycles. The van der Waals surface area contributed by atoms with Crippen molar-refractivity contribution in [1.29, 1.82) is 0 Å². The van der Waals surface area contributed by atoms with E-state index in [1.165, 1.54) is 32.2 Å². The Labute approximate surface area is 147 Å². The van der Waals surface area contributed by atoms with Gasteiger partial charge in [-0.1, -0.05) is 11.6 Å². The quantitative estimate of drug-likeness (QED) is 0.615. The van der Waals surface area contributed by atoms with Gasteiger partial charge in [-0.05, 0) is 30.3 Å². The average molecular weight is 364 g/mol. The second-order valence-electron chi connectivity index (χ2n) is 5.63. The number of carbonyl (C=O) groups excluding carboxylic acids is 4. The van der Waals surface area contributed by atoms with E-state index in [9.17, 15) is 19.2 Å². The van der Waals surface area contributed by atoms with Gasteiger partial charge in [-0.15, -0.1) is 0 Å². The summed E-state index contributed by atoms with van der Waals surface area (Å²) in [6, 6.07) is 6.16. The number of rotatable bonds is 2. The Morgan fingerprint density at radius 3 is 2.44 bits per heavy atom. The maximum absolute atomic E-state index is 13.0. The number of nitrogens with zero attached hydrogens (tertiary/aromatic N) is 2. The number of imide groups is 1. The van der Waals surface area contributed by atoms with Crippen molar-refractivity contribution in [1.82, 2.24) is 10.4 Å². The number of hydrogen-bond donors (Lipinski definition) is 1. The van der Waals surface area contributed by atoms with Crippen LogP contribution in [0.3, 0.4) is 0 Å². The Morgan fingerprint density at radius 1 is 1.24 bits per heavy atom. The molecule has 9 heteroatoms. The zero-order valence-electron chi connectivity index (χ0n) is 13.4. The van der Waals surface area contributed by atoms with Crippen molar-refractivity contribution in [3.8, 4) is 0 Å². The lowest BCUT2D eigenvalue weighted by Gasteiger charge is -2.30. The highest BCUT2D eigenvalue weighted by molar-refractivity contribution is 6.31. The van der Waals surface area contributed by atoms with Crippen LogP contribution in [0.1, 0.15) is 13.3 Å². The first-order chi connectivity index (χ1) is 11.8. The van der Waals surface area contributed by atoms with Crippen LogP contribution >= 0.6 is 11.6 Å². The minimum absolute atomic E-state index is 0.0724. The molecule has 2 aliphatic heterocycles. The van der Waals surface area contributed by atoms with Crippen LogP contribution < -0.4 is 10.3 Å². The van der Waals surface area contributed by atoms with Crippen LogP contribution in [0.2, 0.25) is 5.02 Å². The van der Waals surface area contributed by atoms with E-state index in [1.54, 1.807) is 12.1 Å². The number of halogens is 1. The summed E-state index contributed by atoms with van der Waals surface area (Å²) in [4.78, 5) is 50.3. The van der Waals surface area contributed by atoms with Crippen LogP contribution in [0, 0.1) is 0 Å². The first kappa shape index (κ1) is 17.0. The zero-order chi connectivity index (χ0) is 18.4. The van der Waals surface area contributed by atoms with Crippen LogP contribution in [-0.2, 0) is 23.9 Å². The minimum atomic E-state index is -1.61. The normalized spacial score (nSPS) is 22.3. The van der Waals surface area contributed by atoms with Gasteiger partial charge in [0, 0.05) is 11.9 Å². The van der Waals surface area contributed by atoms with Gasteiger partial charge < -0.3 is 4.74 Å². The third kappa shape index (κ3) is 2.54. The topological polar surface area (TPSA) is 96.0 Å². The molecule has 0 unspecified atom stereocenters. The number of ether oxygens (including phenoxy) is 1. The minimum Gasteiger partial charge on any atom is -0.464 e. The molecule has 2 aliphatic rings. The van der Waals surface area contributed by atoms with Crippen molar-refractivity contribution in [2.45, 2.75) is 18.9 Å². The van der Waals surface area contributed by atoms with Crippen molar-refractivity contribution in [2.75, 3.05) is 12.0 Å². The van der Waals surface area contributed by atoms with Gasteiger partial charge in [-0.25, -0.2) is 14.7 Å². The summed E-state index contributed by atoms with van der Waals surface area (Å²) in [7, 11) is 1.18. The van der Waals surface area contributed by atoms with E-state index in [-0.39, 0.29) is 12.1 Å². The molecule has 0 radical (unpaired) electrons. The summed E-state index contributed by atoms with van der Waals surface area (Å²) in [6.07, 6.45) is 0.970. The molecule has 1 spiro atoms. The van der Waals surface area contributed by atoms with Gasteiger partial charge in [0.05, 0.1) is 19.2 Å². The number of anilines is 1. The molecule has 3 rings (SSSR count). The molecule has 0 aromatic heterocycles. The zero-order valence-corrected chi connectivity index (χ0v) is 14.2. The van der Waals surface area contributed by atoms with Crippen LogP contribution in [0.25, 0.3) is 0 Å². The monoisotopic (exact) mass is 363 g/mol. The molecule has 1 atom stereocenters. The molecule has 130 valence electrons. The molecule has 0 saturated carbocycles. The maximum Gasteiger partial charge on any atom is 0.355 e. The standard InChI is InChI=1S/C16H14ClN3O5/c1-9(21)20-16(7-12(18-20)14(23)25-2)8-13(22)19(15(16)24)11-5-3-10(17)4-6-11/h3-7,18H,8H2,1-2H3/t16-/m0/s1. The molecule has 0 bridgehead atoms. The number of nitrogens with one attached hydrogen (secondary N) is 1. The lowest BCUT2D eigenvalue weighted by molar-refractivity contribution is -0.143. The Kier molecular flexibility index (Phi) is 4.00. The van der Waals surface area contributed by atoms with Crippen LogP contribution in [0.4, 0.5) is 5.69 Å². The number of hydrogen-bond acceptors (Lipinski definition) is 6. The SMILES string of the molecule is COC(=O)C1=C[C@@]2(CC(=O)N(c3ccc(Cl)cc3)C2=O)N(C(C)=O)N1. The number of hydrazine groups is 1. The molecule has 1 aromatic rings. The number of esters is 1. The third-order valence-corrected chi connectivity index (χ3v) is 4.31. The molecule has 25 heavy (non-hydrogen) atoms. The summed E-state index contributed by atoms with van der Waals surface area (Å²) in [5, 5.41) is 1.44. The molecule has 8 nitrogen and oxygen atoms in total. The van der Waals surface area contributed by atoms with Gasteiger partial charge in [0.1, 0.15) is 5.70 Å². The Hall–Kier alpha value is -2.87. The molecular weight excluding hydrogens is 350 g/mol. The summed E-state index contributed by atoms with van der Waals surface area (Å²) in [5.41, 5.74) is 1.21. The highest BCUT2D eigenvalue weighted by atomic mass is 35.5. The third-order valence-electron chi connectivity index (χ3n) is 4.06. The van der Waals surface area contributed by atoms with E-state index in [4.69, 9.17) is 11.6 Å². The fraction of sp³-hybridized carbons (Fsp3) is 0.250. The van der Waals surface area contributed by atoms with Gasteiger partial charge in [-0.3, -0.25) is 19.8 Å². The van der Waals surface area contributed by atoms with Crippen LogP contribution in [0.5, 0.6) is 0 Å². The number of benzene rings is 1. The molecule has 3 amide bonds. The first-order valence-corrected chi connectivity index (χ1v) is 7.69. The van der Waals surface area contributed by atoms with Crippen LogP contribution in [-0.4, -0.2) is 41.3 Å². The molecule has 1 N–H and O–H groups in total. The van der Waals surface area contributed by atoms with Gasteiger partial charge in [0.25, 0.3) is 5.91 Å². The summed E-state index contributed by atoms with van der Waals surface area (Å²) < 4.78 is 4.62. The second-order valence-corrected chi connectivity index (χ2v) is 6.06. The lowest BCUT2D eigenvalue weighted by Crippen LogP contribution is -2.56. The van der Waals surface area contributed by atoms with Crippen molar-refractivity contribution < 1.29 is 23.9 Å². The van der Waals surface area contributed by atoms with E-state index in [0.717, 1.165) is 9.91 Å². The van der Waals surface area contributed by atoms with E-state index < -0.39 is 29.2 Å². The smallest absolute Gasteiger partial charge is 0.355 e. The largest absolute Gasteiger partial charge is 0.464 e. The summed E-state index contributed by atoms with van der Waals surface area (Å²) >= 11 is 5.83. The molecule has 2 heterocycles. The molecular formula is C16H14ClN3O5. The van der Waals surface area contributed by atoms with E-state index in [2.05, 4.69) is 10.2 Å². The number of methoxy groups -OCH3 is 1. The van der Waals surface area contributed by atoms with E-state index in [1.807, 2.05) is 0 Å². The highest BCUT2D eigenvalue weighted by Gasteiger charge is 2.59. The van der Waals surface area contributed by atoms with Crippen molar-refractivity contribution >= 4 is 41.0 Å². The molecule has 1 aromatic carbocycles. The predicted octanol–water partition coefficient (Wildman–Crippen LogP) is 0.766. The van der Waals surface area contributed by atoms with Gasteiger partial charge in [-0.2, -0.15) is 0 Å². The maximum atomic E-state index is 13.0. The lowest BCUT2D eigenvalue weighted by atomic mass is 9.96. The highest BCUT2D eigenvalue weighted by Crippen LogP contribution is 2.38. The van der Waals surface area contributed by atoms with Crippen molar-refractivity contribution in [2.24, 2.45) is 0 Å². The average Bonchev–Trinajstić information content (AvgIpc) is 3.07. The molecule has 1 saturated heterocycles. The summed E-state index contributed by atoms with van der Waals surface area (Å²) in [6.45, 7) is 1.23. The Balaban J connectivity index is 2.05. The van der Waals surface area contributed by atoms with Gasteiger partial charge in [0.15, 0.2) is 5.54 Å². The fourth-order valence-corrected chi connectivity index (χ4v) is 3.09. The Morgan fingerprint density at radius 2 is 1.88 bits per heavy atom. The first-order valence-electron chi connectivity index (χ1n) is 7.32. The Bertz CT molecular complexity index is 820. The van der Waals surface area contributed by atoms with E-state index in [0.29, 0.717) is 10.7 Å². The molecule has 1 fully saturated rings. The summed E-state index contributed by atoms with van der Waals surface area (Å²) in [5.74, 6) is -2.40. The van der Waals surface area contributed by atoms with Gasteiger partial charge in [0.2, 0.25) is 11.8 Å². The fourth-order valence-electron chi connectivity index (χ4n) is 2.96. The predicted molar refractivity (Wildman–Crippen MR) is 87.0 cm³/mol. The number of amides is 3. The van der Waals surface area contributed by atoms with Crippen LogP contribution in [0.15, 0.2) is 36.0 Å².